The highest BCUT2D eigenvalue weighted by atomic mass is 28.4. The van der Waals surface area contributed by atoms with Gasteiger partial charge in [-0.1, -0.05) is 62.4 Å². The second kappa shape index (κ2) is 8.17. The molecule has 0 aliphatic heterocycles. The maximum atomic E-state index is 10.7. The topological polar surface area (TPSA) is 49.7 Å². The summed E-state index contributed by atoms with van der Waals surface area (Å²) in [4.78, 5) is 10.4. The lowest BCUT2D eigenvalue weighted by atomic mass is 9.98. The van der Waals surface area contributed by atoms with Crippen molar-refractivity contribution in [1.82, 2.24) is 0 Å². The summed E-state index contributed by atoms with van der Waals surface area (Å²) in [5.74, 6) is 0.720. The Morgan fingerprint density at radius 1 is 1.00 bits per heavy atom. The van der Waals surface area contributed by atoms with E-state index in [0.29, 0.717) is 13.0 Å². The second-order valence-electron chi connectivity index (χ2n) is 7.81. The minimum absolute atomic E-state index is 0.145. The van der Waals surface area contributed by atoms with Crippen LogP contribution in [0.15, 0.2) is 54.6 Å². The molecule has 0 saturated carbocycles. The summed E-state index contributed by atoms with van der Waals surface area (Å²) >= 11 is 0. The number of rotatable bonds is 8. The number of para-hydroxylation sites is 1. The summed E-state index contributed by atoms with van der Waals surface area (Å²) in [7, 11) is -2.27. The zero-order chi connectivity index (χ0) is 18.5. The molecule has 0 amide bonds. The van der Waals surface area contributed by atoms with E-state index < -0.39 is 14.4 Å². The normalized spacial score (nSPS) is 13.5. The van der Waals surface area contributed by atoms with Gasteiger partial charge in [-0.3, -0.25) is 0 Å². The number of aliphatic hydroxyl groups is 1. The predicted molar refractivity (Wildman–Crippen MR) is 105 cm³/mol. The number of benzene rings is 2. The van der Waals surface area contributed by atoms with Crippen LogP contribution < -0.4 is 4.74 Å². The van der Waals surface area contributed by atoms with Crippen LogP contribution in [0.4, 0.5) is 0 Å². The standard InChI is InChI=1S/C21H30O3Si/c1-21(2,25(3,4)23)15-14-19(22)18-12-8-9-13-20(18)24-16-17-10-6-5-7-11-17/h5-13,19,22-23H,14-16H2,1-4H3/t19-/m1/s1. The molecule has 2 aromatic rings. The van der Waals surface area contributed by atoms with E-state index in [2.05, 4.69) is 13.8 Å². The van der Waals surface area contributed by atoms with Gasteiger partial charge < -0.3 is 14.6 Å². The fraction of sp³-hybridized carbons (Fsp3) is 0.429. The van der Waals surface area contributed by atoms with Crippen molar-refractivity contribution in [3.63, 3.8) is 0 Å². The largest absolute Gasteiger partial charge is 0.489 e. The SMILES string of the molecule is CC(C)(CC[C@@H](O)c1ccccc1OCc1ccccc1)[Si](C)(C)O. The van der Waals surface area contributed by atoms with Gasteiger partial charge in [-0.25, -0.2) is 0 Å². The molecule has 4 heteroatoms. The zero-order valence-electron chi connectivity index (χ0n) is 15.7. The molecule has 2 aromatic carbocycles. The van der Waals surface area contributed by atoms with Gasteiger partial charge in [0.1, 0.15) is 12.4 Å². The average molecular weight is 359 g/mol. The summed E-state index contributed by atoms with van der Waals surface area (Å²) in [5, 5.41) is 10.5. The molecule has 3 nitrogen and oxygen atoms in total. The highest BCUT2D eigenvalue weighted by Crippen LogP contribution is 2.42. The maximum Gasteiger partial charge on any atom is 0.188 e. The van der Waals surface area contributed by atoms with Crippen LogP contribution in [0.2, 0.25) is 18.1 Å². The van der Waals surface area contributed by atoms with Crippen LogP contribution in [0.25, 0.3) is 0 Å². The third-order valence-electron chi connectivity index (χ3n) is 5.21. The number of hydrogen-bond donors (Lipinski definition) is 2. The molecule has 0 heterocycles. The van der Waals surface area contributed by atoms with Crippen molar-refractivity contribution in [2.45, 2.75) is 57.5 Å². The molecule has 0 bridgehead atoms. The smallest absolute Gasteiger partial charge is 0.188 e. The first-order valence-electron chi connectivity index (χ1n) is 8.87. The Morgan fingerprint density at radius 2 is 1.60 bits per heavy atom. The van der Waals surface area contributed by atoms with Gasteiger partial charge in [0.15, 0.2) is 8.32 Å². The predicted octanol–water partition coefficient (Wildman–Crippen LogP) is 5.06. The molecule has 25 heavy (non-hydrogen) atoms. The molecule has 0 unspecified atom stereocenters. The van der Waals surface area contributed by atoms with E-state index >= 15 is 0 Å². The van der Waals surface area contributed by atoms with Crippen LogP contribution in [-0.2, 0) is 6.61 Å². The van der Waals surface area contributed by atoms with Gasteiger partial charge in [0.25, 0.3) is 0 Å². The van der Waals surface area contributed by atoms with E-state index in [9.17, 15) is 9.90 Å². The van der Waals surface area contributed by atoms with Crippen LogP contribution in [-0.4, -0.2) is 18.2 Å². The monoisotopic (exact) mass is 358 g/mol. The molecule has 0 aromatic heterocycles. The highest BCUT2D eigenvalue weighted by Gasteiger charge is 2.38. The van der Waals surface area contributed by atoms with Crippen LogP contribution >= 0.6 is 0 Å². The van der Waals surface area contributed by atoms with E-state index in [4.69, 9.17) is 4.74 Å². The van der Waals surface area contributed by atoms with Crippen molar-refractivity contribution in [1.29, 1.82) is 0 Å². The molecule has 0 saturated heterocycles. The first-order chi connectivity index (χ1) is 11.7. The van der Waals surface area contributed by atoms with Gasteiger partial charge in [0.2, 0.25) is 0 Å². The lowest BCUT2D eigenvalue weighted by Gasteiger charge is -2.35. The van der Waals surface area contributed by atoms with Crippen LogP contribution in [0.5, 0.6) is 5.75 Å². The molecule has 0 spiro atoms. The molecule has 0 aliphatic carbocycles. The molecule has 136 valence electrons. The van der Waals surface area contributed by atoms with Gasteiger partial charge in [-0.2, -0.15) is 0 Å². The first kappa shape index (κ1) is 19.7. The molecule has 2 rings (SSSR count). The molecule has 0 fully saturated rings. The van der Waals surface area contributed by atoms with Gasteiger partial charge in [0, 0.05) is 5.56 Å². The van der Waals surface area contributed by atoms with Crippen molar-refractivity contribution in [2.75, 3.05) is 0 Å². The molecule has 1 atom stereocenters. The van der Waals surface area contributed by atoms with Gasteiger partial charge in [-0.15, -0.1) is 0 Å². The molecular formula is C21H30O3Si. The van der Waals surface area contributed by atoms with Crippen molar-refractivity contribution in [3.05, 3.63) is 65.7 Å². The van der Waals surface area contributed by atoms with Gasteiger partial charge in [0.05, 0.1) is 6.10 Å². The Bertz CT molecular complexity index is 662. The van der Waals surface area contributed by atoms with E-state index in [1.165, 1.54) is 0 Å². The lowest BCUT2D eigenvalue weighted by Crippen LogP contribution is -2.39. The summed E-state index contributed by atoms with van der Waals surface area (Å²) in [6.45, 7) is 8.56. The quantitative estimate of drug-likeness (QED) is 0.649. The Morgan fingerprint density at radius 3 is 2.24 bits per heavy atom. The zero-order valence-corrected chi connectivity index (χ0v) is 16.7. The van der Waals surface area contributed by atoms with E-state index in [1.807, 2.05) is 67.7 Å². The van der Waals surface area contributed by atoms with Crippen LogP contribution in [0, 0.1) is 0 Å². The van der Waals surface area contributed by atoms with E-state index in [1.54, 1.807) is 0 Å². The highest BCUT2D eigenvalue weighted by molar-refractivity contribution is 6.72. The molecular weight excluding hydrogens is 328 g/mol. The summed E-state index contributed by atoms with van der Waals surface area (Å²) < 4.78 is 5.94. The summed E-state index contributed by atoms with van der Waals surface area (Å²) in [6, 6.07) is 17.7. The van der Waals surface area contributed by atoms with Crippen molar-refractivity contribution in [2.24, 2.45) is 0 Å². The van der Waals surface area contributed by atoms with E-state index in [0.717, 1.165) is 23.3 Å². The minimum atomic E-state index is -2.27. The number of aliphatic hydroxyl groups excluding tert-OH is 1. The maximum absolute atomic E-state index is 10.7. The minimum Gasteiger partial charge on any atom is -0.489 e. The first-order valence-corrected chi connectivity index (χ1v) is 11.8. The third kappa shape index (κ3) is 5.43. The number of ether oxygens (including phenoxy) is 1. The molecule has 2 N–H and O–H groups in total. The molecule has 0 radical (unpaired) electrons. The second-order valence-corrected chi connectivity index (χ2v) is 12.3. The summed E-state index contributed by atoms with van der Waals surface area (Å²) in [6.07, 6.45) is 0.787. The molecule has 0 aliphatic rings. The van der Waals surface area contributed by atoms with E-state index in [-0.39, 0.29) is 5.04 Å². The van der Waals surface area contributed by atoms with Crippen molar-refractivity contribution >= 4 is 8.32 Å². The van der Waals surface area contributed by atoms with Crippen LogP contribution in [0.1, 0.15) is 43.9 Å². The Hall–Kier alpha value is -1.62. The lowest BCUT2D eigenvalue weighted by molar-refractivity contribution is 0.152. The average Bonchev–Trinajstić information content (AvgIpc) is 2.58. The van der Waals surface area contributed by atoms with Crippen LogP contribution in [0.3, 0.4) is 0 Å². The Kier molecular flexibility index (Phi) is 6.44. The Balaban J connectivity index is 2.04. The Labute approximate surface area is 152 Å². The van der Waals surface area contributed by atoms with Gasteiger partial charge in [-0.05, 0) is 42.6 Å². The number of hydrogen-bond acceptors (Lipinski definition) is 3. The summed E-state index contributed by atoms with van der Waals surface area (Å²) in [5.41, 5.74) is 1.91. The van der Waals surface area contributed by atoms with Gasteiger partial charge >= 0.3 is 0 Å². The van der Waals surface area contributed by atoms with Crippen molar-refractivity contribution < 1.29 is 14.6 Å². The fourth-order valence-electron chi connectivity index (χ4n) is 2.58. The third-order valence-corrected chi connectivity index (χ3v) is 8.78. The fourth-order valence-corrected chi connectivity index (χ4v) is 3.34. The van der Waals surface area contributed by atoms with Crippen molar-refractivity contribution in [3.8, 4) is 5.75 Å².